The second-order valence-corrected chi connectivity index (χ2v) is 8.02. The molecule has 4 rings (SSSR count). The Morgan fingerprint density at radius 2 is 1.72 bits per heavy atom. The second-order valence-electron chi connectivity index (χ2n) is 8.02. The summed E-state index contributed by atoms with van der Waals surface area (Å²) in [6, 6.07) is 13.6. The van der Waals surface area contributed by atoms with Crippen molar-refractivity contribution in [2.24, 2.45) is 0 Å². The summed E-state index contributed by atoms with van der Waals surface area (Å²) in [5, 5.41) is 10.3. The van der Waals surface area contributed by atoms with E-state index in [1.54, 1.807) is 7.11 Å². The standard InChI is InChI=1S/C24H32N2O6/c1-28-21-3-2-4-22(14-21)30-12-11-29-17-20(27)16-26-9-7-25(8-10-26)15-19-5-6-23-24(13-19)32-18-31-23/h2-6,13-14,20,27H,7-12,15-18H2,1H3. The summed E-state index contributed by atoms with van der Waals surface area (Å²) in [6.07, 6.45) is -0.507. The highest BCUT2D eigenvalue weighted by atomic mass is 16.7. The molecular formula is C24H32N2O6. The normalized spacial score (nSPS) is 17.3. The molecule has 8 heteroatoms. The van der Waals surface area contributed by atoms with Crippen LogP contribution in [0, 0.1) is 0 Å². The number of nitrogens with zero attached hydrogens (tertiary/aromatic N) is 2. The number of fused-ring (bicyclic) bond motifs is 1. The van der Waals surface area contributed by atoms with Gasteiger partial charge < -0.3 is 28.8 Å². The van der Waals surface area contributed by atoms with E-state index in [9.17, 15) is 5.11 Å². The van der Waals surface area contributed by atoms with Gasteiger partial charge in [-0.25, -0.2) is 0 Å². The van der Waals surface area contributed by atoms with Crippen molar-refractivity contribution in [1.29, 1.82) is 0 Å². The molecule has 0 radical (unpaired) electrons. The molecule has 0 spiro atoms. The molecule has 1 atom stereocenters. The van der Waals surface area contributed by atoms with Gasteiger partial charge in [-0.2, -0.15) is 0 Å². The van der Waals surface area contributed by atoms with Crippen LogP contribution in [0.3, 0.4) is 0 Å². The lowest BCUT2D eigenvalue weighted by atomic mass is 10.1. The molecule has 0 bridgehead atoms. The van der Waals surface area contributed by atoms with Gasteiger partial charge in [-0.15, -0.1) is 0 Å². The maximum Gasteiger partial charge on any atom is 0.231 e. The van der Waals surface area contributed by atoms with E-state index >= 15 is 0 Å². The summed E-state index contributed by atoms with van der Waals surface area (Å²) >= 11 is 0. The smallest absolute Gasteiger partial charge is 0.231 e. The Balaban J connectivity index is 1.08. The molecule has 174 valence electrons. The van der Waals surface area contributed by atoms with E-state index in [0.29, 0.717) is 33.2 Å². The van der Waals surface area contributed by atoms with Crippen molar-refractivity contribution in [3.8, 4) is 23.0 Å². The number of ether oxygens (including phenoxy) is 5. The Kier molecular flexibility index (Phi) is 8.06. The molecule has 8 nitrogen and oxygen atoms in total. The molecule has 0 aliphatic carbocycles. The molecule has 2 aromatic rings. The summed E-state index contributed by atoms with van der Waals surface area (Å²) < 4.78 is 27.3. The van der Waals surface area contributed by atoms with E-state index in [1.807, 2.05) is 30.3 Å². The molecule has 1 saturated heterocycles. The Morgan fingerprint density at radius 3 is 2.56 bits per heavy atom. The van der Waals surface area contributed by atoms with E-state index in [1.165, 1.54) is 5.56 Å². The van der Waals surface area contributed by atoms with Crippen molar-refractivity contribution >= 4 is 0 Å². The van der Waals surface area contributed by atoms with Gasteiger partial charge in [0.05, 0.1) is 26.4 Å². The van der Waals surface area contributed by atoms with Crippen LogP contribution in [0.25, 0.3) is 0 Å². The summed E-state index contributed by atoms with van der Waals surface area (Å²) in [6.45, 7) is 6.78. The summed E-state index contributed by atoms with van der Waals surface area (Å²) in [4.78, 5) is 4.71. The zero-order chi connectivity index (χ0) is 22.2. The van der Waals surface area contributed by atoms with Gasteiger partial charge in [0.1, 0.15) is 18.1 Å². The van der Waals surface area contributed by atoms with Crippen molar-refractivity contribution in [2.75, 3.05) is 66.4 Å². The topological polar surface area (TPSA) is 72.9 Å². The quantitative estimate of drug-likeness (QED) is 0.528. The fourth-order valence-corrected chi connectivity index (χ4v) is 3.91. The van der Waals surface area contributed by atoms with Gasteiger partial charge in [0, 0.05) is 45.3 Å². The lowest BCUT2D eigenvalue weighted by Crippen LogP contribution is -2.48. The SMILES string of the molecule is COc1cccc(OCCOCC(O)CN2CCN(Cc3ccc4c(c3)OCO4)CC2)c1. The Morgan fingerprint density at radius 1 is 0.938 bits per heavy atom. The van der Waals surface area contributed by atoms with Crippen molar-refractivity contribution in [3.05, 3.63) is 48.0 Å². The maximum absolute atomic E-state index is 10.3. The lowest BCUT2D eigenvalue weighted by molar-refractivity contribution is -0.000448. The molecule has 2 heterocycles. The Hall–Kier alpha value is -2.52. The molecule has 32 heavy (non-hydrogen) atoms. The molecular weight excluding hydrogens is 412 g/mol. The van der Waals surface area contributed by atoms with Crippen LogP contribution in [0.15, 0.2) is 42.5 Å². The van der Waals surface area contributed by atoms with Crippen LogP contribution < -0.4 is 18.9 Å². The van der Waals surface area contributed by atoms with Crippen LogP contribution in [0.1, 0.15) is 5.56 Å². The minimum Gasteiger partial charge on any atom is -0.497 e. The number of hydrogen-bond acceptors (Lipinski definition) is 8. The number of aliphatic hydroxyl groups excluding tert-OH is 1. The van der Waals surface area contributed by atoms with Gasteiger partial charge in [-0.1, -0.05) is 12.1 Å². The van der Waals surface area contributed by atoms with E-state index < -0.39 is 6.10 Å². The van der Waals surface area contributed by atoms with Crippen LogP contribution in [0.5, 0.6) is 23.0 Å². The zero-order valence-electron chi connectivity index (χ0n) is 18.6. The van der Waals surface area contributed by atoms with E-state index in [0.717, 1.165) is 55.7 Å². The van der Waals surface area contributed by atoms with Gasteiger partial charge in [0.15, 0.2) is 11.5 Å². The first-order valence-electron chi connectivity index (χ1n) is 11.1. The lowest BCUT2D eigenvalue weighted by Gasteiger charge is -2.35. The van der Waals surface area contributed by atoms with Crippen LogP contribution in [-0.2, 0) is 11.3 Å². The molecule has 2 aliphatic heterocycles. The monoisotopic (exact) mass is 444 g/mol. The minimum absolute atomic E-state index is 0.304. The molecule has 1 fully saturated rings. The van der Waals surface area contributed by atoms with Gasteiger partial charge in [-0.05, 0) is 29.8 Å². The average Bonchev–Trinajstić information content (AvgIpc) is 3.28. The summed E-state index contributed by atoms with van der Waals surface area (Å²) in [5.41, 5.74) is 1.23. The first-order chi connectivity index (χ1) is 15.7. The summed E-state index contributed by atoms with van der Waals surface area (Å²) in [7, 11) is 1.63. The number of benzene rings is 2. The molecule has 2 aromatic carbocycles. The van der Waals surface area contributed by atoms with Crippen molar-refractivity contribution in [1.82, 2.24) is 9.80 Å². The number of methoxy groups -OCH3 is 1. The first kappa shape index (κ1) is 22.7. The number of piperazine rings is 1. The molecule has 2 aliphatic rings. The number of aliphatic hydroxyl groups is 1. The molecule has 0 aromatic heterocycles. The largest absolute Gasteiger partial charge is 0.497 e. The van der Waals surface area contributed by atoms with Crippen LogP contribution in [0.4, 0.5) is 0 Å². The third-order valence-corrected chi connectivity index (χ3v) is 5.62. The molecule has 0 amide bonds. The Bertz CT molecular complexity index is 856. The molecule has 1 N–H and O–H groups in total. The highest BCUT2D eigenvalue weighted by Crippen LogP contribution is 2.32. The van der Waals surface area contributed by atoms with Crippen molar-refractivity contribution < 1.29 is 28.8 Å². The van der Waals surface area contributed by atoms with Crippen molar-refractivity contribution in [2.45, 2.75) is 12.6 Å². The average molecular weight is 445 g/mol. The van der Waals surface area contributed by atoms with E-state index in [-0.39, 0.29) is 0 Å². The third-order valence-electron chi connectivity index (χ3n) is 5.62. The third kappa shape index (κ3) is 6.49. The predicted octanol–water partition coefficient (Wildman–Crippen LogP) is 2.00. The maximum atomic E-state index is 10.3. The fraction of sp³-hybridized carbons (Fsp3) is 0.500. The minimum atomic E-state index is -0.507. The van der Waals surface area contributed by atoms with Gasteiger partial charge in [0.25, 0.3) is 0 Å². The van der Waals surface area contributed by atoms with Gasteiger partial charge in [0.2, 0.25) is 6.79 Å². The van der Waals surface area contributed by atoms with E-state index in [4.69, 9.17) is 23.7 Å². The van der Waals surface area contributed by atoms with E-state index in [2.05, 4.69) is 21.9 Å². The molecule has 1 unspecified atom stereocenters. The Labute approximate surface area is 189 Å². The highest BCUT2D eigenvalue weighted by molar-refractivity contribution is 5.44. The first-order valence-corrected chi connectivity index (χ1v) is 11.1. The zero-order valence-corrected chi connectivity index (χ0v) is 18.6. The van der Waals surface area contributed by atoms with Crippen LogP contribution in [0.2, 0.25) is 0 Å². The second kappa shape index (κ2) is 11.4. The number of rotatable bonds is 11. The number of β-amino-alcohol motifs (C(OH)–C–C–N with tert-alkyl or cyclic N) is 1. The van der Waals surface area contributed by atoms with Crippen LogP contribution in [-0.4, -0.2) is 87.5 Å². The predicted molar refractivity (Wildman–Crippen MR) is 120 cm³/mol. The van der Waals surface area contributed by atoms with Gasteiger partial charge >= 0.3 is 0 Å². The number of hydrogen-bond donors (Lipinski definition) is 1. The molecule has 0 saturated carbocycles. The van der Waals surface area contributed by atoms with Crippen molar-refractivity contribution in [3.63, 3.8) is 0 Å². The van der Waals surface area contributed by atoms with Gasteiger partial charge in [-0.3, -0.25) is 9.80 Å². The fourth-order valence-electron chi connectivity index (χ4n) is 3.91. The van der Waals surface area contributed by atoms with Crippen LogP contribution >= 0.6 is 0 Å². The highest BCUT2D eigenvalue weighted by Gasteiger charge is 2.20. The summed E-state index contributed by atoms with van der Waals surface area (Å²) in [5.74, 6) is 3.15.